The number of nitrogens with two attached hydrogens (primary N) is 4. The third-order valence-corrected chi connectivity index (χ3v) is 4.79. The van der Waals surface area contributed by atoms with Crippen LogP contribution in [0, 0.1) is 5.41 Å². The van der Waals surface area contributed by atoms with Crippen molar-refractivity contribution >= 4 is 11.4 Å². The van der Waals surface area contributed by atoms with Crippen molar-refractivity contribution in [3.8, 4) is 0 Å². The third-order valence-electron chi connectivity index (χ3n) is 4.79. The van der Waals surface area contributed by atoms with Gasteiger partial charge in [0.05, 0.1) is 0 Å². The van der Waals surface area contributed by atoms with Gasteiger partial charge in [-0.2, -0.15) is 0 Å². The molecule has 0 bridgehead atoms. The highest BCUT2D eigenvalue weighted by molar-refractivity contribution is 5.62. The zero-order chi connectivity index (χ0) is 18.3. The van der Waals surface area contributed by atoms with Crippen LogP contribution in [0.25, 0.3) is 0 Å². The van der Waals surface area contributed by atoms with Gasteiger partial charge in [-0.1, -0.05) is 40.0 Å². The van der Waals surface area contributed by atoms with Crippen LogP contribution in [-0.4, -0.2) is 0 Å². The molecule has 1 aromatic rings. The Morgan fingerprint density at radius 3 is 2.08 bits per heavy atom. The van der Waals surface area contributed by atoms with Crippen LogP contribution in [0.5, 0.6) is 0 Å². The van der Waals surface area contributed by atoms with Gasteiger partial charge in [0.1, 0.15) is 0 Å². The SMILES string of the molecule is C=CC1=C(/C(N)=C\C(=C)N)C(C)(c2cc(N)cc(N)c2)CC1(C)C. The number of hydrogen-bond acceptors (Lipinski definition) is 4. The number of hydrogen-bond donors (Lipinski definition) is 4. The van der Waals surface area contributed by atoms with Crippen LogP contribution in [-0.2, 0) is 5.41 Å². The first-order valence-corrected chi connectivity index (χ1v) is 7.97. The van der Waals surface area contributed by atoms with Gasteiger partial charge in [0.2, 0.25) is 0 Å². The lowest BCUT2D eigenvalue weighted by Crippen LogP contribution is -2.27. The van der Waals surface area contributed by atoms with Gasteiger partial charge < -0.3 is 22.9 Å². The van der Waals surface area contributed by atoms with Crippen LogP contribution in [0.15, 0.2) is 66.0 Å². The summed E-state index contributed by atoms with van der Waals surface area (Å²) in [6, 6.07) is 5.68. The molecule has 1 aromatic carbocycles. The van der Waals surface area contributed by atoms with Gasteiger partial charge in [0.15, 0.2) is 0 Å². The summed E-state index contributed by atoms with van der Waals surface area (Å²) in [5, 5.41) is 0. The van der Waals surface area contributed by atoms with Crippen LogP contribution in [0.1, 0.15) is 32.8 Å². The summed E-state index contributed by atoms with van der Waals surface area (Å²) in [4.78, 5) is 0. The molecule has 0 fully saturated rings. The molecule has 0 heterocycles. The lowest BCUT2D eigenvalue weighted by atomic mass is 9.72. The third kappa shape index (κ3) is 2.92. The molecule has 0 amide bonds. The largest absolute Gasteiger partial charge is 0.399 e. The van der Waals surface area contributed by atoms with Crippen molar-refractivity contribution in [3.63, 3.8) is 0 Å². The van der Waals surface area contributed by atoms with Crippen molar-refractivity contribution in [1.29, 1.82) is 0 Å². The second-order valence-corrected chi connectivity index (χ2v) is 7.45. The highest BCUT2D eigenvalue weighted by Crippen LogP contribution is 2.56. The van der Waals surface area contributed by atoms with E-state index in [9.17, 15) is 0 Å². The second kappa shape index (κ2) is 5.78. The summed E-state index contributed by atoms with van der Waals surface area (Å²) in [5.74, 6) is 0. The Hall–Kier alpha value is -2.62. The van der Waals surface area contributed by atoms with E-state index in [0.717, 1.165) is 23.1 Å². The molecule has 128 valence electrons. The molecular formula is C20H28N4. The summed E-state index contributed by atoms with van der Waals surface area (Å²) >= 11 is 0. The Bertz CT molecular complexity index is 748. The Morgan fingerprint density at radius 2 is 1.62 bits per heavy atom. The first kappa shape index (κ1) is 17.7. The maximum atomic E-state index is 6.41. The highest BCUT2D eigenvalue weighted by Gasteiger charge is 2.47. The first-order valence-electron chi connectivity index (χ1n) is 7.97. The Labute approximate surface area is 144 Å². The molecule has 4 nitrogen and oxygen atoms in total. The standard InChI is InChI=1S/C20H28N4/c1-6-16-18(17(24)7-12(2)21)20(5,11-19(16,3)4)13-8-14(22)10-15(23)9-13/h6-10H,1-2,11,21-24H2,3-5H3/b17-7+. The topological polar surface area (TPSA) is 104 Å². The molecule has 2 rings (SSSR count). The molecule has 0 saturated carbocycles. The Morgan fingerprint density at radius 1 is 1.08 bits per heavy atom. The van der Waals surface area contributed by atoms with Crippen molar-refractivity contribution in [2.75, 3.05) is 11.5 Å². The second-order valence-electron chi connectivity index (χ2n) is 7.45. The Kier molecular flexibility index (Phi) is 4.27. The molecule has 24 heavy (non-hydrogen) atoms. The van der Waals surface area contributed by atoms with E-state index in [1.54, 1.807) is 12.1 Å². The highest BCUT2D eigenvalue weighted by atomic mass is 14.7. The average molecular weight is 324 g/mol. The van der Waals surface area contributed by atoms with E-state index in [1.807, 2.05) is 18.2 Å². The fourth-order valence-electron chi connectivity index (χ4n) is 4.07. The average Bonchev–Trinajstić information content (AvgIpc) is 2.63. The fraction of sp³-hybridized carbons (Fsp3) is 0.300. The molecule has 0 aliphatic heterocycles. The molecule has 1 unspecified atom stereocenters. The fourth-order valence-corrected chi connectivity index (χ4v) is 4.07. The maximum absolute atomic E-state index is 6.41. The molecule has 8 N–H and O–H groups in total. The Balaban J connectivity index is 2.78. The molecule has 4 heteroatoms. The lowest BCUT2D eigenvalue weighted by Gasteiger charge is -2.31. The summed E-state index contributed by atoms with van der Waals surface area (Å²) in [6.07, 6.45) is 4.45. The predicted octanol–water partition coefficient (Wildman–Crippen LogP) is 3.34. The molecule has 1 aliphatic rings. The molecule has 1 atom stereocenters. The summed E-state index contributed by atoms with van der Waals surface area (Å²) in [5.41, 5.74) is 29.3. The van der Waals surface area contributed by atoms with Crippen molar-refractivity contribution < 1.29 is 0 Å². The molecular weight excluding hydrogens is 296 g/mol. The number of benzene rings is 1. The van der Waals surface area contributed by atoms with Gasteiger partial charge in [0.25, 0.3) is 0 Å². The van der Waals surface area contributed by atoms with Gasteiger partial charge in [-0.3, -0.25) is 0 Å². The minimum absolute atomic E-state index is 0.0837. The van der Waals surface area contributed by atoms with Crippen LogP contribution in [0.4, 0.5) is 11.4 Å². The van der Waals surface area contributed by atoms with E-state index in [2.05, 4.69) is 33.9 Å². The number of rotatable bonds is 4. The van der Waals surface area contributed by atoms with Gasteiger partial charge in [-0.05, 0) is 52.8 Å². The molecule has 1 aliphatic carbocycles. The van der Waals surface area contributed by atoms with Gasteiger partial charge in [-0.25, -0.2) is 0 Å². The van der Waals surface area contributed by atoms with Gasteiger partial charge in [0, 0.05) is 28.2 Å². The van der Waals surface area contributed by atoms with E-state index in [0.29, 0.717) is 22.8 Å². The van der Waals surface area contributed by atoms with Crippen LogP contribution in [0.2, 0.25) is 0 Å². The minimum Gasteiger partial charge on any atom is -0.399 e. The molecule has 0 radical (unpaired) electrons. The quantitative estimate of drug-likeness (QED) is 0.503. The van der Waals surface area contributed by atoms with E-state index in [4.69, 9.17) is 22.9 Å². The number of nitrogen functional groups attached to an aromatic ring is 2. The first-order chi connectivity index (χ1) is 11.0. The number of allylic oxidation sites excluding steroid dienone is 4. The predicted molar refractivity (Wildman–Crippen MR) is 104 cm³/mol. The maximum Gasteiger partial charge on any atom is 0.0379 e. The normalized spacial score (nSPS) is 23.4. The molecule has 0 aromatic heterocycles. The van der Waals surface area contributed by atoms with Crippen molar-refractivity contribution in [3.05, 3.63) is 71.6 Å². The van der Waals surface area contributed by atoms with Gasteiger partial charge >= 0.3 is 0 Å². The zero-order valence-corrected chi connectivity index (χ0v) is 14.8. The van der Waals surface area contributed by atoms with Crippen molar-refractivity contribution in [2.45, 2.75) is 32.6 Å². The van der Waals surface area contributed by atoms with Crippen molar-refractivity contribution in [1.82, 2.24) is 0 Å². The van der Waals surface area contributed by atoms with Crippen molar-refractivity contribution in [2.24, 2.45) is 16.9 Å². The van der Waals surface area contributed by atoms with Crippen LogP contribution in [0.3, 0.4) is 0 Å². The lowest BCUT2D eigenvalue weighted by molar-refractivity contribution is 0.372. The van der Waals surface area contributed by atoms with E-state index >= 15 is 0 Å². The molecule has 0 saturated heterocycles. The smallest absolute Gasteiger partial charge is 0.0379 e. The summed E-state index contributed by atoms with van der Waals surface area (Å²) in [6.45, 7) is 14.3. The van der Waals surface area contributed by atoms with E-state index < -0.39 is 0 Å². The van der Waals surface area contributed by atoms with E-state index in [-0.39, 0.29) is 10.8 Å². The minimum atomic E-state index is -0.341. The van der Waals surface area contributed by atoms with Crippen LogP contribution >= 0.6 is 0 Å². The van der Waals surface area contributed by atoms with Gasteiger partial charge in [-0.15, -0.1) is 0 Å². The molecule has 0 spiro atoms. The number of anilines is 2. The summed E-state index contributed by atoms with van der Waals surface area (Å²) < 4.78 is 0. The van der Waals surface area contributed by atoms with E-state index in [1.165, 1.54) is 0 Å². The summed E-state index contributed by atoms with van der Waals surface area (Å²) in [7, 11) is 0. The van der Waals surface area contributed by atoms with Crippen LogP contribution < -0.4 is 22.9 Å². The zero-order valence-electron chi connectivity index (χ0n) is 14.8. The monoisotopic (exact) mass is 324 g/mol.